The number of rotatable bonds is 7. The Morgan fingerprint density at radius 2 is 1.42 bits per heavy atom. The van der Waals surface area contributed by atoms with Crippen LogP contribution in [0.1, 0.15) is 22.3 Å². The maximum absolute atomic E-state index is 11.8. The molecule has 4 aromatic rings. The Morgan fingerprint density at radius 1 is 0.833 bits per heavy atom. The first-order chi connectivity index (χ1) is 17.4. The Labute approximate surface area is 217 Å². The molecule has 0 spiro atoms. The zero-order valence-electron chi connectivity index (χ0n) is 20.2. The molecular formula is C28H29ClN4O2S. The largest absolute Gasteiger partial charge is 0.319 e. The summed E-state index contributed by atoms with van der Waals surface area (Å²) in [4.78, 5) is 6.69. The molecule has 0 amide bonds. The van der Waals surface area contributed by atoms with Gasteiger partial charge in [0.2, 0.25) is 10.0 Å². The quantitative estimate of drug-likeness (QED) is 0.338. The Morgan fingerprint density at radius 3 is 1.97 bits per heavy atom. The van der Waals surface area contributed by atoms with Crippen LogP contribution in [-0.2, 0) is 22.1 Å². The standard InChI is InChI=1S/C28H29ClN4O2S/c1-36(34,35)33-19-17-31(18-20-33)21-23-7-9-25(10-8-23)28(32-16-15-30-22-32,24-5-3-2-4-6-24)26-11-13-27(29)14-12-26/h2-16,22H,17-21H2,1H3. The van der Waals surface area contributed by atoms with Gasteiger partial charge in [0.15, 0.2) is 0 Å². The lowest BCUT2D eigenvalue weighted by molar-refractivity contribution is 0.182. The molecule has 186 valence electrons. The fraction of sp³-hybridized carbons (Fsp3) is 0.250. The molecule has 1 saturated heterocycles. The van der Waals surface area contributed by atoms with E-state index in [0.717, 1.165) is 36.3 Å². The van der Waals surface area contributed by atoms with Crippen LogP contribution in [0.15, 0.2) is 97.6 Å². The summed E-state index contributed by atoms with van der Waals surface area (Å²) in [6.45, 7) is 3.30. The Bertz CT molecular complexity index is 1380. The van der Waals surface area contributed by atoms with Crippen LogP contribution in [0.2, 0.25) is 5.02 Å². The molecule has 0 saturated carbocycles. The van der Waals surface area contributed by atoms with Gasteiger partial charge in [-0.3, -0.25) is 4.90 Å². The van der Waals surface area contributed by atoms with Crippen LogP contribution >= 0.6 is 11.6 Å². The summed E-state index contributed by atoms with van der Waals surface area (Å²) in [6.07, 6.45) is 6.94. The van der Waals surface area contributed by atoms with Crippen molar-refractivity contribution in [1.82, 2.24) is 18.8 Å². The number of hydrogen-bond acceptors (Lipinski definition) is 4. The van der Waals surface area contributed by atoms with Gasteiger partial charge in [0.1, 0.15) is 5.54 Å². The zero-order valence-corrected chi connectivity index (χ0v) is 21.7. The molecule has 0 radical (unpaired) electrons. The van der Waals surface area contributed by atoms with Gasteiger partial charge in [0, 0.05) is 50.1 Å². The summed E-state index contributed by atoms with van der Waals surface area (Å²) >= 11 is 6.27. The summed E-state index contributed by atoms with van der Waals surface area (Å²) in [6, 6.07) is 27.1. The molecule has 1 fully saturated rings. The first-order valence-electron chi connectivity index (χ1n) is 11.9. The third-order valence-corrected chi connectivity index (χ3v) is 8.48. The lowest BCUT2D eigenvalue weighted by atomic mass is 9.76. The van der Waals surface area contributed by atoms with E-state index in [0.29, 0.717) is 18.1 Å². The van der Waals surface area contributed by atoms with Crippen LogP contribution in [-0.4, -0.2) is 59.6 Å². The van der Waals surface area contributed by atoms with Crippen molar-refractivity contribution in [3.8, 4) is 0 Å². The number of halogens is 1. The van der Waals surface area contributed by atoms with Gasteiger partial charge in [-0.2, -0.15) is 4.31 Å². The number of imidazole rings is 1. The Kier molecular flexibility index (Phi) is 6.99. The van der Waals surface area contributed by atoms with Crippen molar-refractivity contribution in [2.24, 2.45) is 0 Å². The molecule has 3 aromatic carbocycles. The maximum atomic E-state index is 11.8. The van der Waals surface area contributed by atoms with Crippen LogP contribution in [0.4, 0.5) is 0 Å². The van der Waals surface area contributed by atoms with Crippen LogP contribution in [0.3, 0.4) is 0 Å². The number of aromatic nitrogens is 2. The summed E-state index contributed by atoms with van der Waals surface area (Å²) in [7, 11) is -3.13. The van der Waals surface area contributed by atoms with E-state index in [1.165, 1.54) is 11.8 Å². The lowest BCUT2D eigenvalue weighted by Crippen LogP contribution is -2.47. The van der Waals surface area contributed by atoms with Crippen molar-refractivity contribution in [1.29, 1.82) is 0 Å². The molecule has 0 aliphatic carbocycles. The molecule has 1 aliphatic rings. The van der Waals surface area contributed by atoms with E-state index in [1.54, 1.807) is 10.5 Å². The molecule has 0 bridgehead atoms. The van der Waals surface area contributed by atoms with Crippen molar-refractivity contribution in [3.63, 3.8) is 0 Å². The van der Waals surface area contributed by atoms with Gasteiger partial charge in [0.25, 0.3) is 0 Å². The van der Waals surface area contributed by atoms with Crippen molar-refractivity contribution in [2.75, 3.05) is 32.4 Å². The van der Waals surface area contributed by atoms with Crippen molar-refractivity contribution >= 4 is 21.6 Å². The second kappa shape index (κ2) is 10.2. The van der Waals surface area contributed by atoms with Crippen molar-refractivity contribution < 1.29 is 8.42 Å². The highest BCUT2D eigenvalue weighted by atomic mass is 35.5. The smallest absolute Gasteiger partial charge is 0.211 e. The van der Waals surface area contributed by atoms with E-state index < -0.39 is 15.6 Å². The topological polar surface area (TPSA) is 58.4 Å². The molecule has 1 aliphatic heterocycles. The normalized spacial score (nSPS) is 17.1. The first kappa shape index (κ1) is 24.7. The summed E-state index contributed by atoms with van der Waals surface area (Å²) < 4.78 is 27.4. The average molecular weight is 521 g/mol. The number of hydrogen-bond donors (Lipinski definition) is 0. The van der Waals surface area contributed by atoms with Gasteiger partial charge in [0.05, 0.1) is 12.6 Å². The molecule has 1 atom stereocenters. The third kappa shape index (κ3) is 4.84. The van der Waals surface area contributed by atoms with Crippen LogP contribution < -0.4 is 0 Å². The minimum absolute atomic E-state index is 0.533. The number of nitrogens with zero attached hydrogens (tertiary/aromatic N) is 4. The SMILES string of the molecule is CS(=O)(=O)N1CCN(Cc2ccc(C(c3ccccc3)(c3ccc(Cl)cc3)n3ccnc3)cc2)CC1. The van der Waals surface area contributed by atoms with Gasteiger partial charge >= 0.3 is 0 Å². The van der Waals surface area contributed by atoms with Gasteiger partial charge in [-0.15, -0.1) is 0 Å². The fourth-order valence-electron chi connectivity index (χ4n) is 5.10. The molecule has 1 unspecified atom stereocenters. The van der Waals surface area contributed by atoms with Crippen molar-refractivity contribution in [2.45, 2.75) is 12.1 Å². The van der Waals surface area contributed by atoms with Crippen molar-refractivity contribution in [3.05, 3.63) is 125 Å². The minimum Gasteiger partial charge on any atom is -0.319 e. The van der Waals surface area contributed by atoms with Crippen LogP contribution in [0.25, 0.3) is 0 Å². The zero-order chi connectivity index (χ0) is 25.2. The van der Waals surface area contributed by atoms with Crippen LogP contribution in [0.5, 0.6) is 0 Å². The minimum atomic E-state index is -3.13. The molecule has 6 nitrogen and oxygen atoms in total. The molecule has 0 N–H and O–H groups in total. The monoisotopic (exact) mass is 520 g/mol. The molecule has 2 heterocycles. The number of piperazine rings is 1. The van der Waals surface area contributed by atoms with Crippen LogP contribution in [0, 0.1) is 0 Å². The predicted molar refractivity (Wildman–Crippen MR) is 144 cm³/mol. The molecule has 36 heavy (non-hydrogen) atoms. The van der Waals surface area contributed by atoms with E-state index in [-0.39, 0.29) is 0 Å². The third-order valence-electron chi connectivity index (χ3n) is 6.92. The van der Waals surface area contributed by atoms with Gasteiger partial charge < -0.3 is 4.57 Å². The van der Waals surface area contributed by atoms with E-state index in [1.807, 2.05) is 30.7 Å². The summed E-state index contributed by atoms with van der Waals surface area (Å²) in [5, 5.41) is 0.692. The predicted octanol–water partition coefficient (Wildman–Crippen LogP) is 4.45. The number of sulfonamides is 1. The maximum Gasteiger partial charge on any atom is 0.211 e. The van der Waals surface area contributed by atoms with E-state index >= 15 is 0 Å². The summed E-state index contributed by atoms with van der Waals surface area (Å²) in [5.41, 5.74) is 3.88. The first-order valence-corrected chi connectivity index (χ1v) is 14.2. The van der Waals surface area contributed by atoms with Gasteiger partial charge in [-0.05, 0) is 34.4 Å². The molecule has 5 rings (SSSR count). The molecule has 1 aromatic heterocycles. The van der Waals surface area contributed by atoms with Gasteiger partial charge in [-0.25, -0.2) is 13.4 Å². The highest BCUT2D eigenvalue weighted by Gasteiger charge is 2.38. The average Bonchev–Trinajstić information content (AvgIpc) is 3.42. The Balaban J connectivity index is 1.51. The van der Waals surface area contributed by atoms with E-state index in [4.69, 9.17) is 11.6 Å². The Hall–Kier alpha value is -2.97. The second-order valence-electron chi connectivity index (χ2n) is 9.19. The second-order valence-corrected chi connectivity index (χ2v) is 11.6. The van der Waals surface area contributed by atoms with E-state index in [9.17, 15) is 8.42 Å². The van der Waals surface area contributed by atoms with Gasteiger partial charge in [-0.1, -0.05) is 78.3 Å². The summed E-state index contributed by atoms with van der Waals surface area (Å²) in [5.74, 6) is 0. The molecular weight excluding hydrogens is 492 g/mol. The highest BCUT2D eigenvalue weighted by Crippen LogP contribution is 2.41. The lowest BCUT2D eigenvalue weighted by Gasteiger charge is -2.37. The van der Waals surface area contributed by atoms with E-state index in [2.05, 4.69) is 75.1 Å². The fourth-order valence-corrected chi connectivity index (χ4v) is 6.06. The number of benzene rings is 3. The molecule has 8 heteroatoms. The highest BCUT2D eigenvalue weighted by molar-refractivity contribution is 7.88.